The van der Waals surface area contributed by atoms with Crippen LogP contribution in [0.5, 0.6) is 0 Å². The summed E-state index contributed by atoms with van der Waals surface area (Å²) in [5.74, 6) is -0.801. The smallest absolute Gasteiger partial charge is 0.303 e. The highest BCUT2D eigenvalue weighted by Crippen LogP contribution is 2.15. The number of carboxylic acid groups (broad SMARTS) is 1. The Morgan fingerprint density at radius 3 is 2.42 bits per heavy atom. The Bertz CT molecular complexity index is 525. The van der Waals surface area contributed by atoms with Gasteiger partial charge in [-0.05, 0) is 44.0 Å². The van der Waals surface area contributed by atoms with E-state index in [2.05, 4.69) is 5.32 Å². The van der Waals surface area contributed by atoms with Gasteiger partial charge in [0.15, 0.2) is 0 Å². The highest BCUT2D eigenvalue weighted by Gasteiger charge is 2.08. The van der Waals surface area contributed by atoms with Gasteiger partial charge in [-0.15, -0.1) is 0 Å². The van der Waals surface area contributed by atoms with Crippen LogP contribution in [-0.4, -0.2) is 25.5 Å². The van der Waals surface area contributed by atoms with Crippen molar-refractivity contribution in [3.63, 3.8) is 0 Å². The van der Waals surface area contributed by atoms with Crippen LogP contribution < -0.4 is 10.5 Å². The van der Waals surface area contributed by atoms with E-state index >= 15 is 0 Å². The highest BCUT2D eigenvalue weighted by molar-refractivity contribution is 7.89. The molecule has 1 aromatic carbocycles. The fourth-order valence-corrected chi connectivity index (χ4v) is 2.17. The van der Waals surface area contributed by atoms with Crippen LogP contribution in [0.1, 0.15) is 26.2 Å². The minimum absolute atomic E-state index is 0.0663. The molecule has 0 radical (unpaired) electrons. The molecule has 0 saturated heterocycles. The van der Waals surface area contributed by atoms with Crippen molar-refractivity contribution in [2.24, 2.45) is 5.14 Å². The monoisotopic (exact) mass is 286 g/mol. The molecule has 19 heavy (non-hydrogen) atoms. The van der Waals surface area contributed by atoms with Crippen LogP contribution in [0, 0.1) is 0 Å². The number of carbonyl (C=O) groups is 1. The first kappa shape index (κ1) is 15.5. The summed E-state index contributed by atoms with van der Waals surface area (Å²) < 4.78 is 22.1. The van der Waals surface area contributed by atoms with Crippen LogP contribution in [0.3, 0.4) is 0 Å². The van der Waals surface area contributed by atoms with Crippen molar-refractivity contribution in [3.8, 4) is 0 Å². The van der Waals surface area contributed by atoms with Crippen LogP contribution >= 0.6 is 0 Å². The summed E-state index contributed by atoms with van der Waals surface area (Å²) in [5, 5.41) is 16.7. The third-order valence-corrected chi connectivity index (χ3v) is 3.55. The average molecular weight is 286 g/mol. The molecule has 1 atom stereocenters. The molecule has 0 aliphatic carbocycles. The number of hydrogen-bond donors (Lipinski definition) is 3. The number of hydrogen-bond acceptors (Lipinski definition) is 4. The van der Waals surface area contributed by atoms with E-state index < -0.39 is 16.0 Å². The number of rotatable bonds is 7. The average Bonchev–Trinajstić information content (AvgIpc) is 2.27. The van der Waals surface area contributed by atoms with Crippen LogP contribution in [0.4, 0.5) is 5.69 Å². The van der Waals surface area contributed by atoms with E-state index in [-0.39, 0.29) is 17.4 Å². The van der Waals surface area contributed by atoms with Crippen LogP contribution in [0.15, 0.2) is 29.2 Å². The summed E-state index contributed by atoms with van der Waals surface area (Å²) in [4.78, 5) is 10.4. The molecule has 0 bridgehead atoms. The molecule has 1 unspecified atom stereocenters. The summed E-state index contributed by atoms with van der Waals surface area (Å²) in [6.07, 6.45) is 1.47. The number of carboxylic acids is 1. The van der Waals surface area contributed by atoms with Gasteiger partial charge in [0.2, 0.25) is 10.0 Å². The molecular formula is C12H18N2O4S. The van der Waals surface area contributed by atoms with E-state index in [0.717, 1.165) is 12.1 Å². The molecular weight excluding hydrogens is 268 g/mol. The van der Waals surface area contributed by atoms with Crippen LogP contribution in [-0.2, 0) is 14.8 Å². The lowest BCUT2D eigenvalue weighted by Gasteiger charge is -2.14. The van der Waals surface area contributed by atoms with Crippen molar-refractivity contribution >= 4 is 21.7 Å². The van der Waals surface area contributed by atoms with E-state index in [1.54, 1.807) is 12.1 Å². The number of primary sulfonamides is 1. The zero-order chi connectivity index (χ0) is 14.5. The fourth-order valence-electron chi connectivity index (χ4n) is 1.66. The summed E-state index contributed by atoms with van der Waals surface area (Å²) in [7, 11) is -3.66. The molecule has 0 fully saturated rings. The zero-order valence-electron chi connectivity index (χ0n) is 10.7. The van der Waals surface area contributed by atoms with Gasteiger partial charge < -0.3 is 10.4 Å². The van der Waals surface area contributed by atoms with Crippen molar-refractivity contribution in [3.05, 3.63) is 24.3 Å². The van der Waals surface area contributed by atoms with Crippen molar-refractivity contribution < 1.29 is 18.3 Å². The Labute approximate surface area is 112 Å². The van der Waals surface area contributed by atoms with Gasteiger partial charge in [0.05, 0.1) is 4.90 Å². The standard InChI is InChI=1S/C12H18N2O4S/c1-9(3-2-4-12(15)16)14-10-5-7-11(8-6-10)19(13,17)18/h5-9,14H,2-4H2,1H3,(H,15,16)(H2,13,17,18). The number of anilines is 1. The molecule has 106 valence electrons. The maximum atomic E-state index is 11.1. The van der Waals surface area contributed by atoms with Gasteiger partial charge >= 0.3 is 5.97 Å². The predicted molar refractivity (Wildman–Crippen MR) is 72.4 cm³/mol. The van der Waals surface area contributed by atoms with E-state index in [9.17, 15) is 13.2 Å². The first-order valence-electron chi connectivity index (χ1n) is 5.90. The molecule has 0 spiro atoms. The molecule has 1 aromatic rings. The minimum Gasteiger partial charge on any atom is -0.481 e. The lowest BCUT2D eigenvalue weighted by molar-refractivity contribution is -0.137. The number of nitrogens with two attached hydrogens (primary N) is 1. The van der Waals surface area contributed by atoms with Gasteiger partial charge in [-0.2, -0.15) is 0 Å². The quantitative estimate of drug-likeness (QED) is 0.701. The zero-order valence-corrected chi connectivity index (χ0v) is 11.5. The Kier molecular flexibility index (Phi) is 5.31. The topological polar surface area (TPSA) is 109 Å². The van der Waals surface area contributed by atoms with Crippen molar-refractivity contribution in [1.29, 1.82) is 0 Å². The maximum absolute atomic E-state index is 11.1. The molecule has 6 nitrogen and oxygen atoms in total. The number of nitrogens with one attached hydrogen (secondary N) is 1. The molecule has 0 saturated carbocycles. The normalized spacial score (nSPS) is 12.9. The summed E-state index contributed by atoms with van der Waals surface area (Å²) >= 11 is 0. The van der Waals surface area contributed by atoms with Crippen LogP contribution in [0.2, 0.25) is 0 Å². The van der Waals surface area contributed by atoms with Crippen molar-refractivity contribution in [2.45, 2.75) is 37.1 Å². The fraction of sp³-hybridized carbons (Fsp3) is 0.417. The molecule has 1 rings (SSSR count). The number of benzene rings is 1. The van der Waals surface area contributed by atoms with Gasteiger partial charge in [-0.3, -0.25) is 4.79 Å². The molecule has 7 heteroatoms. The van der Waals surface area contributed by atoms with E-state index in [1.165, 1.54) is 12.1 Å². The Hall–Kier alpha value is -1.60. The Morgan fingerprint density at radius 1 is 1.37 bits per heavy atom. The van der Waals surface area contributed by atoms with Gasteiger partial charge in [0, 0.05) is 18.2 Å². The second-order valence-corrected chi connectivity index (χ2v) is 5.96. The Morgan fingerprint density at radius 2 is 1.95 bits per heavy atom. The highest BCUT2D eigenvalue weighted by atomic mass is 32.2. The van der Waals surface area contributed by atoms with Gasteiger partial charge in [-0.1, -0.05) is 0 Å². The van der Waals surface area contributed by atoms with Gasteiger partial charge in [0.25, 0.3) is 0 Å². The summed E-state index contributed by atoms with van der Waals surface area (Å²) in [6.45, 7) is 1.94. The molecule has 4 N–H and O–H groups in total. The van der Waals surface area contributed by atoms with Crippen LogP contribution in [0.25, 0.3) is 0 Å². The third-order valence-electron chi connectivity index (χ3n) is 2.62. The first-order chi connectivity index (χ1) is 8.79. The van der Waals surface area contributed by atoms with E-state index in [0.29, 0.717) is 6.42 Å². The molecule has 0 amide bonds. The summed E-state index contributed by atoms with van der Waals surface area (Å²) in [5.41, 5.74) is 0.773. The predicted octanol–water partition coefficient (Wildman–Crippen LogP) is 1.39. The SMILES string of the molecule is CC(CCCC(=O)O)Nc1ccc(S(N)(=O)=O)cc1. The van der Waals surface area contributed by atoms with Gasteiger partial charge in [0.1, 0.15) is 0 Å². The Balaban J connectivity index is 2.51. The lowest BCUT2D eigenvalue weighted by atomic mass is 10.1. The number of sulfonamides is 1. The minimum atomic E-state index is -3.66. The van der Waals surface area contributed by atoms with Gasteiger partial charge in [-0.25, -0.2) is 13.6 Å². The number of aliphatic carboxylic acids is 1. The lowest BCUT2D eigenvalue weighted by Crippen LogP contribution is -2.16. The van der Waals surface area contributed by atoms with E-state index in [1.807, 2.05) is 6.92 Å². The van der Waals surface area contributed by atoms with E-state index in [4.69, 9.17) is 10.2 Å². The first-order valence-corrected chi connectivity index (χ1v) is 7.45. The second kappa shape index (κ2) is 6.53. The molecule has 0 aromatic heterocycles. The third kappa shape index (κ3) is 5.71. The molecule has 0 heterocycles. The second-order valence-electron chi connectivity index (χ2n) is 4.40. The van der Waals surface area contributed by atoms with Crippen molar-refractivity contribution in [1.82, 2.24) is 0 Å². The maximum Gasteiger partial charge on any atom is 0.303 e. The van der Waals surface area contributed by atoms with Crippen molar-refractivity contribution in [2.75, 3.05) is 5.32 Å². The molecule has 0 aliphatic heterocycles. The molecule has 0 aliphatic rings. The summed E-state index contributed by atoms with van der Waals surface area (Å²) in [6, 6.07) is 6.24. The largest absolute Gasteiger partial charge is 0.481 e.